The molecule has 0 nitrogen and oxygen atoms in total. The topological polar surface area (TPSA) is 0 Å². The molecule has 0 saturated heterocycles. The lowest BCUT2D eigenvalue weighted by Crippen LogP contribution is -1.63. The summed E-state index contributed by atoms with van der Waals surface area (Å²) in [6.07, 6.45) is 0. The summed E-state index contributed by atoms with van der Waals surface area (Å²) < 4.78 is 0. The Morgan fingerprint density at radius 3 is 2.25 bits per heavy atom. The molecule has 1 rings (SSSR count). The van der Waals surface area contributed by atoms with Gasteiger partial charge in [0.25, 0.3) is 0 Å². The lowest BCUT2D eigenvalue weighted by Gasteiger charge is -1.91. The molecule has 1 aliphatic heterocycles. The normalized spacial score (nSPS) is 30.0. The van der Waals surface area contributed by atoms with Crippen molar-refractivity contribution in [2.24, 2.45) is 0 Å². The van der Waals surface area contributed by atoms with Gasteiger partial charge in [-0.3, -0.25) is 0 Å². The van der Waals surface area contributed by atoms with Crippen LogP contribution in [0, 0.1) is 0 Å². The lowest BCUT2D eigenvalue weighted by molar-refractivity contribution is 2.27. The van der Waals surface area contributed by atoms with E-state index in [1.54, 1.807) is 8.20 Å². The van der Waals surface area contributed by atoms with Crippen molar-refractivity contribution in [2.45, 2.75) is 0 Å². The van der Waals surface area contributed by atoms with E-state index in [0.717, 1.165) is 0 Å². The summed E-state index contributed by atoms with van der Waals surface area (Å²) in [7, 11) is 2.75. The standard InChI is InChI=1S/C2H4P2/c1-3-2-4-1/h1,3H,2H2. The van der Waals surface area contributed by atoms with Crippen LogP contribution in [0.15, 0.2) is 0 Å². The minimum absolute atomic E-state index is 1.18. The molecule has 1 atom stereocenters. The van der Waals surface area contributed by atoms with E-state index < -0.39 is 0 Å². The first-order chi connectivity index (χ1) is 2.00. The van der Waals surface area contributed by atoms with Gasteiger partial charge in [0.05, 0.1) is 0 Å². The summed E-state index contributed by atoms with van der Waals surface area (Å²) in [5.74, 6) is 1.44. The third-order valence-corrected chi connectivity index (χ3v) is 3.29. The fourth-order valence-electron chi connectivity index (χ4n) is 0.0913. The molecule has 22 valence electrons. The highest BCUT2D eigenvalue weighted by Gasteiger charge is 1.81. The molecule has 0 bridgehead atoms. The Morgan fingerprint density at radius 2 is 2.25 bits per heavy atom. The maximum atomic E-state index is 2.31. The predicted octanol–water partition coefficient (Wildman–Crippen LogP) is 1.34. The van der Waals surface area contributed by atoms with Gasteiger partial charge in [0.1, 0.15) is 0 Å². The van der Waals surface area contributed by atoms with Crippen LogP contribution in [0.1, 0.15) is 0 Å². The van der Waals surface area contributed by atoms with Gasteiger partial charge in [0.15, 0.2) is 0 Å². The van der Waals surface area contributed by atoms with E-state index in [1.807, 2.05) is 0 Å². The van der Waals surface area contributed by atoms with Gasteiger partial charge in [-0.25, -0.2) is 0 Å². The molecule has 1 aliphatic rings. The Labute approximate surface area is 29.2 Å². The average Bonchev–Trinajstić information content (AvgIpc) is 0.722. The van der Waals surface area contributed by atoms with Gasteiger partial charge in [-0.05, 0) is 5.54 Å². The van der Waals surface area contributed by atoms with Crippen molar-refractivity contribution in [2.75, 3.05) is 5.90 Å². The molecule has 0 aromatic rings. The Kier molecular flexibility index (Phi) is 0.810. The average molecular weight is 90.0 g/mol. The second kappa shape index (κ2) is 1.15. The molecule has 0 N–H and O–H groups in total. The molecule has 0 radical (unpaired) electrons. The van der Waals surface area contributed by atoms with Crippen LogP contribution in [-0.4, -0.2) is 11.4 Å². The number of rotatable bonds is 0. The quantitative estimate of drug-likeness (QED) is 0.394. The zero-order valence-corrected chi connectivity index (χ0v) is 4.13. The van der Waals surface area contributed by atoms with Crippen molar-refractivity contribution in [3.63, 3.8) is 0 Å². The van der Waals surface area contributed by atoms with E-state index in [1.165, 1.54) is 14.5 Å². The summed E-state index contributed by atoms with van der Waals surface area (Å²) in [5, 5.41) is 0. The van der Waals surface area contributed by atoms with Crippen molar-refractivity contribution < 1.29 is 0 Å². The van der Waals surface area contributed by atoms with Crippen LogP contribution in [0.3, 0.4) is 0 Å². The molecule has 2 heteroatoms. The smallest absolute Gasteiger partial charge is 0.0109 e. The lowest BCUT2D eigenvalue weighted by atomic mass is 11.8. The summed E-state index contributed by atoms with van der Waals surface area (Å²) in [6, 6.07) is 0. The van der Waals surface area contributed by atoms with Crippen molar-refractivity contribution in [3.05, 3.63) is 0 Å². The minimum Gasteiger partial charge on any atom is -0.0995 e. The highest BCUT2D eigenvalue weighted by Crippen LogP contribution is 2.26. The van der Waals surface area contributed by atoms with Gasteiger partial charge in [0.2, 0.25) is 0 Å². The van der Waals surface area contributed by atoms with Crippen LogP contribution < -0.4 is 0 Å². The van der Waals surface area contributed by atoms with Gasteiger partial charge in [0, 0.05) is 5.90 Å². The first kappa shape index (κ1) is 2.82. The number of hydrogen-bond acceptors (Lipinski definition) is 0. The molecule has 0 aromatic carbocycles. The summed E-state index contributed by atoms with van der Waals surface area (Å²) >= 11 is 0. The molecule has 0 spiro atoms. The number of hydrogen-bond donors (Lipinski definition) is 0. The molecule has 0 aliphatic carbocycles. The van der Waals surface area contributed by atoms with Gasteiger partial charge in [-0.15, -0.1) is 0 Å². The first-order valence-electron chi connectivity index (χ1n) is 1.22. The molecule has 0 amide bonds. The highest BCUT2D eigenvalue weighted by molar-refractivity contribution is 7.84. The Bertz CT molecular complexity index is 33.3. The molecular weight excluding hydrogens is 86.0 g/mol. The third kappa shape index (κ3) is 0.315. The fourth-order valence-corrected chi connectivity index (χ4v) is 0.822. The second-order valence-electron chi connectivity index (χ2n) is 0.674. The zero-order valence-electron chi connectivity index (χ0n) is 2.23. The van der Waals surface area contributed by atoms with E-state index in [2.05, 4.69) is 5.54 Å². The van der Waals surface area contributed by atoms with E-state index >= 15 is 0 Å². The van der Waals surface area contributed by atoms with E-state index in [0.29, 0.717) is 0 Å². The van der Waals surface area contributed by atoms with Crippen molar-refractivity contribution in [3.8, 4) is 0 Å². The summed E-state index contributed by atoms with van der Waals surface area (Å²) in [6.45, 7) is 0. The molecule has 4 heavy (non-hydrogen) atoms. The molecule has 1 unspecified atom stereocenters. The van der Waals surface area contributed by atoms with Gasteiger partial charge >= 0.3 is 0 Å². The predicted molar refractivity (Wildman–Crippen MR) is 26.2 cm³/mol. The Hall–Kier alpha value is 0.600. The Morgan fingerprint density at radius 1 is 2.00 bits per heavy atom. The largest absolute Gasteiger partial charge is 0.0995 e. The van der Waals surface area contributed by atoms with Crippen LogP contribution in [0.5, 0.6) is 0 Å². The van der Waals surface area contributed by atoms with Crippen LogP contribution in [-0.2, 0) is 0 Å². The van der Waals surface area contributed by atoms with Crippen molar-refractivity contribution in [1.82, 2.24) is 0 Å². The van der Waals surface area contributed by atoms with Gasteiger partial charge in [-0.2, -0.15) is 0 Å². The minimum atomic E-state index is 1.18. The van der Waals surface area contributed by atoms with Gasteiger partial charge < -0.3 is 0 Å². The molecule has 1 heterocycles. The van der Waals surface area contributed by atoms with E-state index in [9.17, 15) is 0 Å². The van der Waals surface area contributed by atoms with Crippen LogP contribution in [0.4, 0.5) is 0 Å². The van der Waals surface area contributed by atoms with Crippen LogP contribution in [0.2, 0.25) is 0 Å². The highest BCUT2D eigenvalue weighted by atomic mass is 31.2. The second-order valence-corrected chi connectivity index (χ2v) is 3.75. The Balaban J connectivity index is 2.47. The van der Waals surface area contributed by atoms with Crippen LogP contribution >= 0.6 is 16.8 Å². The monoisotopic (exact) mass is 90.0 g/mol. The first-order valence-corrected chi connectivity index (χ1v) is 3.65. The van der Waals surface area contributed by atoms with Crippen molar-refractivity contribution >= 4 is 22.3 Å². The molecular formula is C2H4P2. The zero-order chi connectivity index (χ0) is 2.83. The molecule has 0 aromatic heterocycles. The van der Waals surface area contributed by atoms with Crippen molar-refractivity contribution in [1.29, 1.82) is 0 Å². The SMILES string of the molecule is C1=PCP1. The fraction of sp³-hybridized carbons (Fsp3) is 0.500. The van der Waals surface area contributed by atoms with Crippen LogP contribution in [0.25, 0.3) is 0 Å². The molecule has 0 saturated carbocycles. The summed E-state index contributed by atoms with van der Waals surface area (Å²) in [5.41, 5.74) is 2.31. The maximum Gasteiger partial charge on any atom is 0.0109 e. The maximum absolute atomic E-state index is 2.31. The third-order valence-electron chi connectivity index (χ3n) is 0.365. The molecule has 0 fully saturated rings. The van der Waals surface area contributed by atoms with E-state index in [-0.39, 0.29) is 0 Å². The van der Waals surface area contributed by atoms with E-state index in [4.69, 9.17) is 0 Å². The van der Waals surface area contributed by atoms with Gasteiger partial charge in [-0.1, -0.05) is 16.8 Å². The summed E-state index contributed by atoms with van der Waals surface area (Å²) in [4.78, 5) is 0.